The summed E-state index contributed by atoms with van der Waals surface area (Å²) >= 11 is 4.46. The highest BCUT2D eigenvalue weighted by Gasteiger charge is 2.35. The van der Waals surface area contributed by atoms with Gasteiger partial charge in [-0.25, -0.2) is 0 Å². The lowest BCUT2D eigenvalue weighted by atomic mass is 10.1. The molecular formula is C13H13BrN2O4S. The number of carbonyl (C=O) groups excluding carboxylic acids is 2. The number of benzene rings is 1. The maximum atomic E-state index is 12.1. The Labute approximate surface area is 134 Å². The Morgan fingerprint density at radius 2 is 2.29 bits per heavy atom. The van der Waals surface area contributed by atoms with Crippen molar-refractivity contribution in [3.63, 3.8) is 0 Å². The van der Waals surface area contributed by atoms with Crippen LogP contribution >= 0.6 is 27.7 Å². The summed E-state index contributed by atoms with van der Waals surface area (Å²) in [6.45, 7) is 1.88. The molecule has 1 aromatic carbocycles. The Morgan fingerprint density at radius 3 is 2.90 bits per heavy atom. The number of halogens is 1. The van der Waals surface area contributed by atoms with Gasteiger partial charge in [0.25, 0.3) is 5.69 Å². The van der Waals surface area contributed by atoms with Crippen molar-refractivity contribution in [1.82, 2.24) is 0 Å². The van der Waals surface area contributed by atoms with Crippen LogP contribution in [0.15, 0.2) is 22.7 Å². The highest BCUT2D eigenvalue weighted by molar-refractivity contribution is 9.10. The molecule has 1 amide bonds. The number of amides is 1. The molecule has 0 aliphatic carbocycles. The van der Waals surface area contributed by atoms with E-state index >= 15 is 0 Å². The summed E-state index contributed by atoms with van der Waals surface area (Å²) in [6, 6.07) is 4.62. The molecule has 1 atom stereocenters. The Bertz CT molecular complexity index is 608. The van der Waals surface area contributed by atoms with Crippen LogP contribution < -0.4 is 4.90 Å². The van der Waals surface area contributed by atoms with Crippen LogP contribution in [0.1, 0.15) is 13.3 Å². The molecule has 21 heavy (non-hydrogen) atoms. The van der Waals surface area contributed by atoms with Gasteiger partial charge in [-0.15, -0.1) is 0 Å². The van der Waals surface area contributed by atoms with E-state index in [4.69, 9.17) is 0 Å². The third-order valence-electron chi connectivity index (χ3n) is 3.16. The lowest BCUT2D eigenvalue weighted by Crippen LogP contribution is -2.26. The molecule has 1 aromatic rings. The smallest absolute Gasteiger partial charge is 0.294 e. The molecule has 1 heterocycles. The lowest BCUT2D eigenvalue weighted by molar-refractivity contribution is -0.384. The van der Waals surface area contributed by atoms with Crippen LogP contribution in [0.25, 0.3) is 0 Å². The zero-order valence-corrected chi connectivity index (χ0v) is 13.6. The van der Waals surface area contributed by atoms with Crippen molar-refractivity contribution in [2.45, 2.75) is 13.3 Å². The highest BCUT2D eigenvalue weighted by Crippen LogP contribution is 2.39. The fourth-order valence-electron chi connectivity index (χ4n) is 2.26. The number of nitrogens with zero attached hydrogens (tertiary/aromatic N) is 2. The molecule has 1 saturated heterocycles. The second kappa shape index (κ2) is 6.57. The van der Waals surface area contributed by atoms with E-state index in [-0.39, 0.29) is 22.6 Å². The molecule has 1 fully saturated rings. The molecular weight excluding hydrogens is 360 g/mol. The average molecular weight is 373 g/mol. The number of para-hydroxylation sites is 1. The summed E-state index contributed by atoms with van der Waals surface area (Å²) in [5.41, 5.74) is 0.195. The van der Waals surface area contributed by atoms with E-state index in [0.717, 1.165) is 0 Å². The van der Waals surface area contributed by atoms with Gasteiger partial charge >= 0.3 is 0 Å². The number of thioether (sulfide) groups is 1. The monoisotopic (exact) mass is 372 g/mol. The summed E-state index contributed by atoms with van der Waals surface area (Å²) in [4.78, 5) is 35.2. The fourth-order valence-corrected chi connectivity index (χ4v) is 3.53. The Kier molecular flexibility index (Phi) is 5.00. The Hall–Kier alpha value is -1.41. The second-order valence-electron chi connectivity index (χ2n) is 4.74. The topological polar surface area (TPSA) is 80.5 Å². The largest absolute Gasteiger partial charge is 0.305 e. The van der Waals surface area contributed by atoms with Gasteiger partial charge in [0.2, 0.25) is 5.91 Å². The van der Waals surface area contributed by atoms with Gasteiger partial charge in [0.15, 0.2) is 5.12 Å². The van der Waals surface area contributed by atoms with E-state index in [1.807, 2.05) is 0 Å². The minimum atomic E-state index is -0.495. The van der Waals surface area contributed by atoms with Crippen LogP contribution in [-0.4, -0.2) is 28.2 Å². The molecule has 0 spiro atoms. The first kappa shape index (κ1) is 16.0. The molecule has 1 aliphatic rings. The van der Waals surface area contributed by atoms with Crippen LogP contribution in [0.5, 0.6) is 0 Å². The summed E-state index contributed by atoms with van der Waals surface area (Å²) in [7, 11) is 0. The van der Waals surface area contributed by atoms with Crippen LogP contribution in [0.4, 0.5) is 11.4 Å². The first-order valence-corrected chi connectivity index (χ1v) is 8.04. The summed E-state index contributed by atoms with van der Waals surface area (Å²) < 4.78 is 0.518. The molecule has 0 radical (unpaired) electrons. The molecule has 6 nitrogen and oxygen atoms in total. The van der Waals surface area contributed by atoms with Gasteiger partial charge in [-0.05, 0) is 27.9 Å². The zero-order chi connectivity index (χ0) is 15.6. The number of hydrogen-bond donors (Lipinski definition) is 0. The highest BCUT2D eigenvalue weighted by atomic mass is 79.9. The number of rotatable bonds is 4. The minimum absolute atomic E-state index is 0.00720. The molecule has 2 rings (SSSR count). The number of hydrogen-bond acceptors (Lipinski definition) is 5. The predicted molar refractivity (Wildman–Crippen MR) is 84.4 cm³/mol. The Morgan fingerprint density at radius 1 is 1.57 bits per heavy atom. The van der Waals surface area contributed by atoms with Gasteiger partial charge in [-0.1, -0.05) is 17.8 Å². The van der Waals surface area contributed by atoms with Crippen molar-refractivity contribution < 1.29 is 14.5 Å². The maximum absolute atomic E-state index is 12.1. The van der Waals surface area contributed by atoms with E-state index in [0.29, 0.717) is 28.9 Å². The van der Waals surface area contributed by atoms with Crippen molar-refractivity contribution in [1.29, 1.82) is 0 Å². The van der Waals surface area contributed by atoms with Gasteiger partial charge in [0, 0.05) is 36.2 Å². The molecule has 0 bridgehead atoms. The second-order valence-corrected chi connectivity index (χ2v) is 6.79. The molecule has 0 saturated carbocycles. The summed E-state index contributed by atoms with van der Waals surface area (Å²) in [5.74, 6) is 0.424. The van der Waals surface area contributed by atoms with Crippen molar-refractivity contribution >= 4 is 50.1 Å². The van der Waals surface area contributed by atoms with E-state index in [1.54, 1.807) is 12.1 Å². The molecule has 8 heteroatoms. The van der Waals surface area contributed by atoms with Crippen LogP contribution in [-0.2, 0) is 9.59 Å². The lowest BCUT2D eigenvalue weighted by Gasteiger charge is -2.18. The molecule has 0 aromatic heterocycles. The quantitative estimate of drug-likeness (QED) is 0.599. The standard InChI is InChI=1S/C13H13BrN2O4S/c1-8(17)21-7-9-5-12(18)15(6-9)13-10(14)3-2-4-11(13)16(19)20/h2-4,9H,5-7H2,1H3. The normalized spacial score (nSPS) is 18.1. The van der Waals surface area contributed by atoms with E-state index in [9.17, 15) is 19.7 Å². The van der Waals surface area contributed by atoms with Gasteiger partial charge in [-0.2, -0.15) is 0 Å². The number of anilines is 1. The van der Waals surface area contributed by atoms with Gasteiger partial charge in [0.05, 0.1) is 4.92 Å². The predicted octanol–water partition coefficient (Wildman–Crippen LogP) is 2.99. The van der Waals surface area contributed by atoms with Crippen molar-refractivity contribution in [2.24, 2.45) is 5.92 Å². The van der Waals surface area contributed by atoms with Crippen molar-refractivity contribution in [3.05, 3.63) is 32.8 Å². The van der Waals surface area contributed by atoms with Gasteiger partial charge in [-0.3, -0.25) is 19.7 Å². The fraction of sp³-hybridized carbons (Fsp3) is 0.385. The zero-order valence-electron chi connectivity index (χ0n) is 11.2. The first-order valence-electron chi connectivity index (χ1n) is 6.26. The molecule has 112 valence electrons. The van der Waals surface area contributed by atoms with E-state index < -0.39 is 4.92 Å². The van der Waals surface area contributed by atoms with Crippen molar-refractivity contribution in [2.75, 3.05) is 17.2 Å². The third-order valence-corrected chi connectivity index (χ3v) is 4.84. The molecule has 0 N–H and O–H groups in total. The molecule has 1 unspecified atom stereocenters. The van der Waals surface area contributed by atoms with Crippen LogP contribution in [0.3, 0.4) is 0 Å². The van der Waals surface area contributed by atoms with E-state index in [2.05, 4.69) is 15.9 Å². The number of carbonyl (C=O) groups is 2. The number of nitro benzene ring substituents is 1. The summed E-state index contributed by atoms with van der Waals surface area (Å²) in [5, 5.41) is 11.1. The SMILES string of the molecule is CC(=O)SCC1CC(=O)N(c2c(Br)cccc2[N+](=O)[O-])C1. The maximum Gasteiger partial charge on any atom is 0.294 e. The average Bonchev–Trinajstić information content (AvgIpc) is 2.77. The third kappa shape index (κ3) is 3.62. The van der Waals surface area contributed by atoms with Crippen molar-refractivity contribution in [3.8, 4) is 0 Å². The first-order chi connectivity index (χ1) is 9.90. The summed E-state index contributed by atoms with van der Waals surface area (Å²) in [6.07, 6.45) is 0.304. The Balaban J connectivity index is 2.25. The van der Waals surface area contributed by atoms with Crippen LogP contribution in [0.2, 0.25) is 0 Å². The van der Waals surface area contributed by atoms with E-state index in [1.165, 1.54) is 29.7 Å². The van der Waals surface area contributed by atoms with Gasteiger partial charge in [0.1, 0.15) is 5.69 Å². The number of nitro groups is 1. The van der Waals surface area contributed by atoms with Gasteiger partial charge < -0.3 is 4.90 Å². The molecule has 1 aliphatic heterocycles. The minimum Gasteiger partial charge on any atom is -0.305 e. The van der Waals surface area contributed by atoms with Crippen LogP contribution in [0, 0.1) is 16.0 Å².